The monoisotopic (exact) mass is 264 g/mol. The van der Waals surface area contributed by atoms with Gasteiger partial charge in [-0.05, 0) is 25.3 Å². The molecule has 1 aromatic carbocycles. The lowest BCUT2D eigenvalue weighted by molar-refractivity contribution is -0.200. The van der Waals surface area contributed by atoms with Gasteiger partial charge in [-0.1, -0.05) is 44.2 Å². The van der Waals surface area contributed by atoms with E-state index in [1.54, 1.807) is 6.92 Å². The predicted octanol–water partition coefficient (Wildman–Crippen LogP) is 3.13. The van der Waals surface area contributed by atoms with E-state index in [-0.39, 0.29) is 0 Å². The van der Waals surface area contributed by atoms with E-state index in [1.165, 1.54) is 0 Å². The maximum Gasteiger partial charge on any atom is 0.338 e. The lowest BCUT2D eigenvalue weighted by atomic mass is 9.93. The third-order valence-electron chi connectivity index (χ3n) is 3.84. The first-order valence-electron chi connectivity index (χ1n) is 6.64. The first-order valence-corrected chi connectivity index (χ1v) is 6.64. The molecule has 1 heterocycles. The van der Waals surface area contributed by atoms with Crippen molar-refractivity contribution in [2.24, 2.45) is 0 Å². The highest BCUT2D eigenvalue weighted by molar-refractivity contribution is 5.78. The van der Waals surface area contributed by atoms with Crippen LogP contribution in [-0.2, 0) is 14.3 Å². The number of carboxylic acids is 1. The summed E-state index contributed by atoms with van der Waals surface area (Å²) in [4.78, 5) is 11.6. The smallest absolute Gasteiger partial charge is 0.338 e. The summed E-state index contributed by atoms with van der Waals surface area (Å²) < 4.78 is 11.8. The van der Waals surface area contributed by atoms with Crippen molar-refractivity contribution in [2.75, 3.05) is 0 Å². The summed E-state index contributed by atoms with van der Waals surface area (Å²) in [7, 11) is 0. The van der Waals surface area contributed by atoms with Crippen molar-refractivity contribution in [3.63, 3.8) is 0 Å². The highest BCUT2D eigenvalue weighted by atomic mass is 16.8. The van der Waals surface area contributed by atoms with Gasteiger partial charge in [0.1, 0.15) is 6.10 Å². The van der Waals surface area contributed by atoms with Crippen LogP contribution in [0.4, 0.5) is 0 Å². The molecule has 0 radical (unpaired) electrons. The molecule has 1 saturated heterocycles. The number of rotatable bonds is 4. The molecule has 0 aromatic heterocycles. The first-order chi connectivity index (χ1) is 8.97. The molecule has 0 spiro atoms. The van der Waals surface area contributed by atoms with Gasteiger partial charge in [0.15, 0.2) is 11.4 Å². The van der Waals surface area contributed by atoms with E-state index < -0.39 is 23.5 Å². The molecule has 4 heteroatoms. The van der Waals surface area contributed by atoms with Crippen LogP contribution >= 0.6 is 0 Å². The molecule has 1 aliphatic heterocycles. The predicted molar refractivity (Wildman–Crippen MR) is 70.7 cm³/mol. The number of hydrogen-bond donors (Lipinski definition) is 1. The van der Waals surface area contributed by atoms with Gasteiger partial charge in [-0.25, -0.2) is 4.79 Å². The van der Waals surface area contributed by atoms with Gasteiger partial charge < -0.3 is 14.6 Å². The van der Waals surface area contributed by atoms with Gasteiger partial charge in [0, 0.05) is 0 Å². The van der Waals surface area contributed by atoms with Crippen molar-refractivity contribution < 1.29 is 19.4 Å². The fraction of sp³-hybridized carbons (Fsp3) is 0.533. The molecule has 19 heavy (non-hydrogen) atoms. The number of carbonyl (C=O) groups is 1. The summed E-state index contributed by atoms with van der Waals surface area (Å²) in [6, 6.07) is 9.38. The van der Waals surface area contributed by atoms with E-state index in [4.69, 9.17) is 9.47 Å². The second kappa shape index (κ2) is 4.94. The van der Waals surface area contributed by atoms with Crippen LogP contribution in [0.1, 0.15) is 45.3 Å². The summed E-state index contributed by atoms with van der Waals surface area (Å²) >= 11 is 0. The Hall–Kier alpha value is -1.39. The number of aliphatic carboxylic acids is 1. The Morgan fingerprint density at radius 1 is 1.26 bits per heavy atom. The minimum Gasteiger partial charge on any atom is -0.479 e. The summed E-state index contributed by atoms with van der Waals surface area (Å²) in [6.45, 7) is 5.47. The van der Waals surface area contributed by atoms with Gasteiger partial charge in [0.25, 0.3) is 0 Å². The van der Waals surface area contributed by atoms with Crippen LogP contribution in [0.25, 0.3) is 0 Å². The van der Waals surface area contributed by atoms with Gasteiger partial charge in [0.2, 0.25) is 0 Å². The van der Waals surface area contributed by atoms with Crippen molar-refractivity contribution in [1.29, 1.82) is 0 Å². The van der Waals surface area contributed by atoms with E-state index in [0.29, 0.717) is 12.8 Å². The van der Waals surface area contributed by atoms with Crippen LogP contribution in [0.5, 0.6) is 0 Å². The van der Waals surface area contributed by atoms with Crippen molar-refractivity contribution in [2.45, 2.75) is 51.1 Å². The van der Waals surface area contributed by atoms with Crippen molar-refractivity contribution in [3.05, 3.63) is 35.9 Å². The van der Waals surface area contributed by atoms with E-state index >= 15 is 0 Å². The normalized spacial score (nSPS) is 29.3. The Kier molecular flexibility index (Phi) is 3.65. The van der Waals surface area contributed by atoms with Crippen molar-refractivity contribution in [1.82, 2.24) is 0 Å². The standard InChI is InChI=1S/C15H20O4/c1-4-15(5-2)18-12(11-9-7-6-8-10-11)14(3,19-15)13(16)17/h6-10,12H,4-5H2,1-3H3,(H,16,17)/t12-,14+/m1/s1. The Morgan fingerprint density at radius 2 is 1.84 bits per heavy atom. The highest BCUT2D eigenvalue weighted by Crippen LogP contribution is 2.48. The summed E-state index contributed by atoms with van der Waals surface area (Å²) in [6.07, 6.45) is 0.650. The molecule has 0 amide bonds. The zero-order valence-electron chi connectivity index (χ0n) is 11.6. The maximum atomic E-state index is 11.6. The molecule has 4 nitrogen and oxygen atoms in total. The Balaban J connectivity index is 2.43. The van der Waals surface area contributed by atoms with Crippen LogP contribution in [0.2, 0.25) is 0 Å². The molecule has 0 bridgehead atoms. The fourth-order valence-corrected chi connectivity index (χ4v) is 2.52. The van der Waals surface area contributed by atoms with Crippen molar-refractivity contribution in [3.8, 4) is 0 Å². The van der Waals surface area contributed by atoms with Gasteiger partial charge >= 0.3 is 5.97 Å². The average Bonchev–Trinajstić information content (AvgIpc) is 2.75. The molecule has 104 valence electrons. The summed E-state index contributed by atoms with van der Waals surface area (Å²) in [5.41, 5.74) is -0.524. The Bertz CT molecular complexity index is 452. The SMILES string of the molecule is CCC1(CC)O[C@H](c2ccccc2)[C@@](C)(C(=O)O)O1. The van der Waals surface area contributed by atoms with Gasteiger partial charge in [-0.3, -0.25) is 0 Å². The summed E-state index contributed by atoms with van der Waals surface area (Å²) in [5, 5.41) is 9.52. The topological polar surface area (TPSA) is 55.8 Å². The van der Waals surface area contributed by atoms with Gasteiger partial charge in [-0.2, -0.15) is 0 Å². The molecule has 0 saturated carbocycles. The van der Waals surface area contributed by atoms with Gasteiger partial charge in [0.05, 0.1) is 0 Å². The molecule has 1 fully saturated rings. The van der Waals surface area contributed by atoms with Crippen LogP contribution < -0.4 is 0 Å². The van der Waals surface area contributed by atoms with Crippen LogP contribution in [0, 0.1) is 0 Å². The molecule has 1 N–H and O–H groups in total. The maximum absolute atomic E-state index is 11.6. The second-order valence-electron chi connectivity index (χ2n) is 5.04. The van der Waals surface area contributed by atoms with Gasteiger partial charge in [-0.15, -0.1) is 0 Å². The van der Waals surface area contributed by atoms with E-state index in [2.05, 4.69) is 0 Å². The molecule has 1 aliphatic rings. The van der Waals surface area contributed by atoms with Crippen LogP contribution in [-0.4, -0.2) is 22.5 Å². The summed E-state index contributed by atoms with van der Waals surface area (Å²) in [5.74, 6) is -1.81. The molecule has 0 unspecified atom stereocenters. The van der Waals surface area contributed by atoms with E-state index in [0.717, 1.165) is 5.56 Å². The molecule has 1 aromatic rings. The first kappa shape index (κ1) is 14.0. The largest absolute Gasteiger partial charge is 0.479 e. The minimum absolute atomic E-state index is 0.592. The second-order valence-corrected chi connectivity index (χ2v) is 5.04. The number of ether oxygens (including phenoxy) is 2. The molecule has 0 aliphatic carbocycles. The highest BCUT2D eigenvalue weighted by Gasteiger charge is 2.58. The lowest BCUT2D eigenvalue weighted by Gasteiger charge is -2.26. The van der Waals surface area contributed by atoms with Crippen LogP contribution in [0.3, 0.4) is 0 Å². The lowest BCUT2D eigenvalue weighted by Crippen LogP contribution is -2.42. The average molecular weight is 264 g/mol. The molecule has 2 rings (SSSR count). The molecule has 2 atom stereocenters. The van der Waals surface area contributed by atoms with Crippen molar-refractivity contribution >= 4 is 5.97 Å². The van der Waals surface area contributed by atoms with Crippen LogP contribution in [0.15, 0.2) is 30.3 Å². The zero-order chi connectivity index (χ0) is 14.1. The quantitative estimate of drug-likeness (QED) is 0.907. The zero-order valence-corrected chi connectivity index (χ0v) is 11.6. The van der Waals surface area contributed by atoms with E-state index in [9.17, 15) is 9.90 Å². The Labute approximate surface area is 113 Å². The fourth-order valence-electron chi connectivity index (χ4n) is 2.52. The molecular weight excluding hydrogens is 244 g/mol. The number of benzene rings is 1. The van der Waals surface area contributed by atoms with E-state index in [1.807, 2.05) is 44.2 Å². The third kappa shape index (κ3) is 2.26. The Morgan fingerprint density at radius 3 is 2.32 bits per heavy atom. The number of hydrogen-bond acceptors (Lipinski definition) is 3. The molecular formula is C15H20O4. The number of carboxylic acid groups (broad SMARTS) is 1. The third-order valence-corrected chi connectivity index (χ3v) is 3.84. The minimum atomic E-state index is -1.35.